The van der Waals surface area contributed by atoms with Crippen molar-refractivity contribution in [1.29, 1.82) is 0 Å². The molecular weight excluding hydrogens is 238 g/mol. The zero-order valence-corrected chi connectivity index (χ0v) is 12.3. The number of benzene rings is 1. The van der Waals surface area contributed by atoms with Gasteiger partial charge in [-0.3, -0.25) is 0 Å². The van der Waals surface area contributed by atoms with Crippen LogP contribution in [0.1, 0.15) is 45.7 Å². The van der Waals surface area contributed by atoms with Crippen LogP contribution in [-0.2, 0) is 0 Å². The van der Waals surface area contributed by atoms with Crippen molar-refractivity contribution in [3.05, 3.63) is 29.8 Å². The molecule has 1 unspecified atom stereocenters. The Balaban J connectivity index is 2.40. The Hall–Kier alpha value is -1.55. The van der Waals surface area contributed by atoms with Gasteiger partial charge in [-0.15, -0.1) is 0 Å². The van der Waals surface area contributed by atoms with E-state index in [1.165, 1.54) is 0 Å². The van der Waals surface area contributed by atoms with Crippen molar-refractivity contribution >= 4 is 11.7 Å². The van der Waals surface area contributed by atoms with E-state index in [-0.39, 0.29) is 17.5 Å². The van der Waals surface area contributed by atoms with Gasteiger partial charge in [0.15, 0.2) is 0 Å². The van der Waals surface area contributed by atoms with Crippen LogP contribution < -0.4 is 16.4 Å². The van der Waals surface area contributed by atoms with Crippen LogP contribution >= 0.6 is 0 Å². The summed E-state index contributed by atoms with van der Waals surface area (Å²) in [6, 6.07) is 7.42. The maximum atomic E-state index is 11.7. The number of carbonyl (C=O) groups is 1. The molecule has 1 aromatic rings. The lowest BCUT2D eigenvalue weighted by molar-refractivity contribution is 0.250. The largest absolute Gasteiger partial charge is 0.338 e. The lowest BCUT2D eigenvalue weighted by Gasteiger charge is -2.18. The Morgan fingerprint density at radius 2 is 1.84 bits per heavy atom. The van der Waals surface area contributed by atoms with Crippen LogP contribution in [0.4, 0.5) is 10.5 Å². The molecule has 0 aromatic heterocycles. The summed E-state index contributed by atoms with van der Waals surface area (Å²) >= 11 is 0. The average Bonchev–Trinajstić information content (AvgIpc) is 2.27. The first-order valence-corrected chi connectivity index (χ1v) is 6.68. The maximum absolute atomic E-state index is 11.7. The van der Waals surface area contributed by atoms with E-state index in [0.717, 1.165) is 17.7 Å². The first-order chi connectivity index (χ1) is 8.78. The van der Waals surface area contributed by atoms with Crippen LogP contribution in [0.25, 0.3) is 0 Å². The van der Waals surface area contributed by atoms with Gasteiger partial charge in [0, 0.05) is 18.3 Å². The molecule has 1 atom stereocenters. The summed E-state index contributed by atoms with van der Waals surface area (Å²) in [5.74, 6) is 0. The Morgan fingerprint density at radius 1 is 1.26 bits per heavy atom. The number of nitrogens with one attached hydrogen (secondary N) is 2. The molecule has 0 saturated carbocycles. The fraction of sp³-hybridized carbons (Fsp3) is 0.533. The Bertz CT molecular complexity index is 404. The number of amides is 2. The standard InChI is InChI=1S/C15H25N3O/c1-11(16)12-5-7-13(8-6-12)18-14(19)17-10-9-15(2,3)4/h5-8,11H,9-10,16H2,1-4H3,(H2,17,18,19). The number of urea groups is 1. The van der Waals surface area contributed by atoms with Crippen molar-refractivity contribution in [3.63, 3.8) is 0 Å². The SMILES string of the molecule is CC(N)c1ccc(NC(=O)NCCC(C)(C)C)cc1. The van der Waals surface area contributed by atoms with Crippen molar-refractivity contribution in [2.75, 3.05) is 11.9 Å². The summed E-state index contributed by atoms with van der Waals surface area (Å²) in [7, 11) is 0. The van der Waals surface area contributed by atoms with Crippen LogP contribution in [0.2, 0.25) is 0 Å². The molecule has 0 aliphatic heterocycles. The summed E-state index contributed by atoms with van der Waals surface area (Å²) in [5, 5.41) is 5.65. The van der Waals surface area contributed by atoms with E-state index < -0.39 is 0 Å². The van der Waals surface area contributed by atoms with Gasteiger partial charge in [0.25, 0.3) is 0 Å². The second-order valence-electron chi connectivity index (χ2n) is 6.10. The van der Waals surface area contributed by atoms with Crippen molar-refractivity contribution in [1.82, 2.24) is 5.32 Å². The number of hydrogen-bond donors (Lipinski definition) is 3. The molecule has 0 saturated heterocycles. The molecule has 0 bridgehead atoms. The van der Waals surface area contributed by atoms with E-state index in [1.807, 2.05) is 31.2 Å². The highest BCUT2D eigenvalue weighted by atomic mass is 16.2. The van der Waals surface area contributed by atoms with E-state index in [1.54, 1.807) is 0 Å². The van der Waals surface area contributed by atoms with Gasteiger partial charge in [0.1, 0.15) is 0 Å². The number of rotatable bonds is 4. The molecule has 4 heteroatoms. The van der Waals surface area contributed by atoms with E-state index in [0.29, 0.717) is 6.54 Å². The second kappa shape index (κ2) is 6.57. The molecule has 0 heterocycles. The fourth-order valence-corrected chi connectivity index (χ4v) is 1.60. The minimum absolute atomic E-state index is 0.00895. The van der Waals surface area contributed by atoms with Gasteiger partial charge in [-0.1, -0.05) is 32.9 Å². The van der Waals surface area contributed by atoms with Crippen molar-refractivity contribution in [3.8, 4) is 0 Å². The highest BCUT2D eigenvalue weighted by Gasteiger charge is 2.10. The van der Waals surface area contributed by atoms with Crippen LogP contribution in [-0.4, -0.2) is 12.6 Å². The first-order valence-electron chi connectivity index (χ1n) is 6.68. The van der Waals surface area contributed by atoms with Crippen molar-refractivity contribution < 1.29 is 4.79 Å². The third kappa shape index (κ3) is 6.25. The number of carbonyl (C=O) groups excluding carboxylic acids is 1. The van der Waals surface area contributed by atoms with Crippen molar-refractivity contribution in [2.45, 2.75) is 40.2 Å². The predicted octanol–water partition coefficient (Wildman–Crippen LogP) is 3.26. The molecule has 19 heavy (non-hydrogen) atoms. The van der Waals surface area contributed by atoms with E-state index in [9.17, 15) is 4.79 Å². The number of nitrogens with two attached hydrogens (primary N) is 1. The zero-order valence-electron chi connectivity index (χ0n) is 12.3. The fourth-order valence-electron chi connectivity index (χ4n) is 1.60. The van der Waals surface area contributed by atoms with Crippen LogP contribution in [0.5, 0.6) is 0 Å². The third-order valence-corrected chi connectivity index (χ3v) is 2.85. The lowest BCUT2D eigenvalue weighted by Crippen LogP contribution is -2.31. The highest BCUT2D eigenvalue weighted by Crippen LogP contribution is 2.17. The minimum Gasteiger partial charge on any atom is -0.338 e. The van der Waals surface area contributed by atoms with Crippen LogP contribution in [0.3, 0.4) is 0 Å². The Morgan fingerprint density at radius 3 is 2.32 bits per heavy atom. The van der Waals surface area contributed by atoms with Gasteiger partial charge in [-0.25, -0.2) is 4.79 Å². The zero-order chi connectivity index (χ0) is 14.5. The smallest absolute Gasteiger partial charge is 0.319 e. The van der Waals surface area contributed by atoms with Gasteiger partial charge in [-0.2, -0.15) is 0 Å². The van der Waals surface area contributed by atoms with Gasteiger partial charge < -0.3 is 16.4 Å². The molecule has 4 N–H and O–H groups in total. The molecular formula is C15H25N3O. The second-order valence-corrected chi connectivity index (χ2v) is 6.10. The third-order valence-electron chi connectivity index (χ3n) is 2.85. The summed E-state index contributed by atoms with van der Waals surface area (Å²) in [6.45, 7) is 9.06. The number of hydrogen-bond acceptors (Lipinski definition) is 2. The first kappa shape index (κ1) is 15.5. The van der Waals surface area contributed by atoms with Gasteiger partial charge in [-0.05, 0) is 36.5 Å². The topological polar surface area (TPSA) is 67.1 Å². The molecule has 1 rings (SSSR count). The predicted molar refractivity (Wildman–Crippen MR) is 80.1 cm³/mol. The van der Waals surface area contributed by atoms with Crippen LogP contribution in [0.15, 0.2) is 24.3 Å². The molecule has 2 amide bonds. The molecule has 0 fully saturated rings. The Kier molecular flexibility index (Phi) is 5.36. The maximum Gasteiger partial charge on any atom is 0.319 e. The normalized spacial score (nSPS) is 12.9. The molecule has 4 nitrogen and oxygen atoms in total. The molecule has 1 aromatic carbocycles. The van der Waals surface area contributed by atoms with Crippen molar-refractivity contribution in [2.24, 2.45) is 11.1 Å². The lowest BCUT2D eigenvalue weighted by atomic mass is 9.92. The summed E-state index contributed by atoms with van der Waals surface area (Å²) in [6.07, 6.45) is 0.948. The number of anilines is 1. The molecule has 0 radical (unpaired) electrons. The quantitative estimate of drug-likeness (QED) is 0.780. The van der Waals surface area contributed by atoms with Gasteiger partial charge in [0.05, 0.1) is 0 Å². The van der Waals surface area contributed by atoms with Gasteiger partial charge >= 0.3 is 6.03 Å². The van der Waals surface area contributed by atoms with E-state index in [2.05, 4.69) is 31.4 Å². The Labute approximate surface area is 115 Å². The summed E-state index contributed by atoms with van der Waals surface area (Å²) < 4.78 is 0. The summed E-state index contributed by atoms with van der Waals surface area (Å²) in [5.41, 5.74) is 7.83. The monoisotopic (exact) mass is 263 g/mol. The molecule has 106 valence electrons. The van der Waals surface area contributed by atoms with Crippen LogP contribution in [0, 0.1) is 5.41 Å². The molecule has 0 aliphatic rings. The van der Waals surface area contributed by atoms with E-state index in [4.69, 9.17) is 5.73 Å². The van der Waals surface area contributed by atoms with E-state index >= 15 is 0 Å². The molecule has 0 aliphatic carbocycles. The van der Waals surface area contributed by atoms with Gasteiger partial charge in [0.2, 0.25) is 0 Å². The average molecular weight is 263 g/mol. The summed E-state index contributed by atoms with van der Waals surface area (Å²) in [4.78, 5) is 11.7. The molecule has 0 spiro atoms. The minimum atomic E-state index is -0.169. The highest BCUT2D eigenvalue weighted by molar-refractivity contribution is 5.89.